The summed E-state index contributed by atoms with van der Waals surface area (Å²) in [6.07, 6.45) is 0.824. The number of nitrogens with zero attached hydrogens (tertiary/aromatic N) is 2. The van der Waals surface area contributed by atoms with Crippen LogP contribution < -0.4 is 5.73 Å². The quantitative estimate of drug-likeness (QED) is 0.711. The number of aromatic nitrogens is 2. The normalized spacial score (nSPS) is 11.1. The number of nitrogens with two attached hydrogens (primary N) is 1. The molecular weight excluding hydrogens is 234 g/mol. The smallest absolute Gasteiger partial charge is 0.114 e. The summed E-state index contributed by atoms with van der Waals surface area (Å²) >= 11 is 0. The Morgan fingerprint density at radius 1 is 1.11 bits per heavy atom. The minimum Gasteiger partial charge on any atom is -0.399 e. The lowest BCUT2D eigenvalue weighted by Gasteiger charge is -2.04. The summed E-state index contributed by atoms with van der Waals surface area (Å²) < 4.78 is 2.18. The van der Waals surface area contributed by atoms with Crippen molar-refractivity contribution in [1.29, 1.82) is 0 Å². The van der Waals surface area contributed by atoms with E-state index in [-0.39, 0.29) is 0 Å². The van der Waals surface area contributed by atoms with Gasteiger partial charge in [-0.05, 0) is 36.2 Å². The Morgan fingerprint density at radius 2 is 1.84 bits per heavy atom. The van der Waals surface area contributed by atoms with Crippen molar-refractivity contribution in [1.82, 2.24) is 9.55 Å². The van der Waals surface area contributed by atoms with Crippen molar-refractivity contribution in [3.05, 3.63) is 59.4 Å². The van der Waals surface area contributed by atoms with E-state index in [0.29, 0.717) is 0 Å². The molecule has 0 saturated carbocycles. The first kappa shape index (κ1) is 11.8. The molecular formula is C16H17N3. The highest BCUT2D eigenvalue weighted by molar-refractivity contribution is 5.79. The SMILES string of the molecule is Cc1cccc2nc(Cc3ccc(N)cc3)n(C)c12. The molecule has 3 nitrogen and oxygen atoms in total. The molecule has 19 heavy (non-hydrogen) atoms. The number of hydrogen-bond acceptors (Lipinski definition) is 2. The number of aryl methyl sites for hydroxylation is 2. The summed E-state index contributed by atoms with van der Waals surface area (Å²) in [5.41, 5.74) is 11.3. The van der Waals surface area contributed by atoms with Crippen LogP contribution in [0.2, 0.25) is 0 Å². The van der Waals surface area contributed by atoms with E-state index in [1.807, 2.05) is 12.1 Å². The number of fused-ring (bicyclic) bond motifs is 1. The lowest BCUT2D eigenvalue weighted by molar-refractivity contribution is 0.843. The highest BCUT2D eigenvalue weighted by atomic mass is 15.1. The molecule has 2 N–H and O–H groups in total. The monoisotopic (exact) mass is 251 g/mol. The maximum Gasteiger partial charge on any atom is 0.114 e. The molecule has 2 aromatic carbocycles. The Hall–Kier alpha value is -2.29. The van der Waals surface area contributed by atoms with Gasteiger partial charge < -0.3 is 10.3 Å². The second kappa shape index (κ2) is 4.43. The summed E-state index contributed by atoms with van der Waals surface area (Å²) in [6, 6.07) is 14.2. The number of hydrogen-bond donors (Lipinski definition) is 1. The number of benzene rings is 2. The van der Waals surface area contributed by atoms with Crippen LogP contribution in [0.15, 0.2) is 42.5 Å². The van der Waals surface area contributed by atoms with Crippen LogP contribution in [0, 0.1) is 6.92 Å². The maximum atomic E-state index is 5.71. The van der Waals surface area contributed by atoms with Gasteiger partial charge in [0.25, 0.3) is 0 Å². The van der Waals surface area contributed by atoms with Crippen LogP contribution in [0.25, 0.3) is 11.0 Å². The third-order valence-corrected chi connectivity index (χ3v) is 3.53. The number of nitrogen functional groups attached to an aromatic ring is 1. The van der Waals surface area contributed by atoms with E-state index in [9.17, 15) is 0 Å². The third kappa shape index (κ3) is 2.08. The molecule has 96 valence electrons. The summed E-state index contributed by atoms with van der Waals surface area (Å²) in [5, 5.41) is 0. The number of rotatable bonds is 2. The van der Waals surface area contributed by atoms with Gasteiger partial charge in [0, 0.05) is 19.2 Å². The molecule has 0 atom stereocenters. The molecule has 3 heteroatoms. The first-order valence-corrected chi connectivity index (χ1v) is 6.40. The second-order valence-electron chi connectivity index (χ2n) is 4.95. The van der Waals surface area contributed by atoms with Gasteiger partial charge in [-0.25, -0.2) is 4.98 Å². The first-order chi connectivity index (χ1) is 9.15. The maximum absolute atomic E-state index is 5.71. The fourth-order valence-electron chi connectivity index (χ4n) is 2.49. The standard InChI is InChI=1S/C16H17N3/c1-11-4-3-5-14-16(11)19(2)15(18-14)10-12-6-8-13(17)9-7-12/h3-9H,10,17H2,1-2H3. The number of imidazole rings is 1. The Morgan fingerprint density at radius 3 is 2.53 bits per heavy atom. The highest BCUT2D eigenvalue weighted by Crippen LogP contribution is 2.20. The minimum atomic E-state index is 0.796. The van der Waals surface area contributed by atoms with E-state index in [4.69, 9.17) is 10.7 Å². The molecule has 0 radical (unpaired) electrons. The molecule has 3 aromatic rings. The average molecular weight is 251 g/mol. The zero-order chi connectivity index (χ0) is 13.4. The lowest BCUT2D eigenvalue weighted by atomic mass is 10.1. The van der Waals surface area contributed by atoms with E-state index < -0.39 is 0 Å². The number of anilines is 1. The predicted molar refractivity (Wildman–Crippen MR) is 79.1 cm³/mol. The van der Waals surface area contributed by atoms with E-state index in [0.717, 1.165) is 23.4 Å². The van der Waals surface area contributed by atoms with Crippen LogP contribution in [0.4, 0.5) is 5.69 Å². The van der Waals surface area contributed by atoms with Crippen molar-refractivity contribution in [2.24, 2.45) is 7.05 Å². The van der Waals surface area contributed by atoms with Gasteiger partial charge in [-0.15, -0.1) is 0 Å². The largest absolute Gasteiger partial charge is 0.399 e. The second-order valence-corrected chi connectivity index (χ2v) is 4.95. The highest BCUT2D eigenvalue weighted by Gasteiger charge is 2.09. The van der Waals surface area contributed by atoms with Crippen molar-refractivity contribution in [3.8, 4) is 0 Å². The van der Waals surface area contributed by atoms with Crippen molar-refractivity contribution in [3.63, 3.8) is 0 Å². The van der Waals surface area contributed by atoms with Gasteiger partial charge in [-0.2, -0.15) is 0 Å². The van der Waals surface area contributed by atoms with Gasteiger partial charge in [-0.1, -0.05) is 24.3 Å². The molecule has 0 aliphatic heterocycles. The van der Waals surface area contributed by atoms with Crippen molar-refractivity contribution in [2.75, 3.05) is 5.73 Å². The Labute approximate surface area is 112 Å². The molecule has 0 aliphatic rings. The molecule has 3 rings (SSSR count). The molecule has 0 fully saturated rings. The fraction of sp³-hybridized carbons (Fsp3) is 0.188. The number of para-hydroxylation sites is 1. The molecule has 0 saturated heterocycles. The van der Waals surface area contributed by atoms with Crippen LogP contribution in [-0.2, 0) is 13.5 Å². The van der Waals surface area contributed by atoms with Crippen molar-refractivity contribution in [2.45, 2.75) is 13.3 Å². The molecule has 0 amide bonds. The minimum absolute atomic E-state index is 0.796. The van der Waals surface area contributed by atoms with Gasteiger partial charge in [0.2, 0.25) is 0 Å². The van der Waals surface area contributed by atoms with E-state index in [1.54, 1.807) is 0 Å². The van der Waals surface area contributed by atoms with Crippen LogP contribution >= 0.6 is 0 Å². The van der Waals surface area contributed by atoms with Crippen LogP contribution in [-0.4, -0.2) is 9.55 Å². The molecule has 0 bridgehead atoms. The molecule has 0 unspecified atom stereocenters. The van der Waals surface area contributed by atoms with Gasteiger partial charge in [0.1, 0.15) is 5.82 Å². The van der Waals surface area contributed by atoms with Gasteiger partial charge >= 0.3 is 0 Å². The summed E-state index contributed by atoms with van der Waals surface area (Å²) in [6.45, 7) is 2.12. The Balaban J connectivity index is 2.04. The van der Waals surface area contributed by atoms with Crippen LogP contribution in [0.5, 0.6) is 0 Å². The molecule has 0 spiro atoms. The molecule has 1 heterocycles. The first-order valence-electron chi connectivity index (χ1n) is 6.40. The predicted octanol–water partition coefficient (Wildman–Crippen LogP) is 3.05. The topological polar surface area (TPSA) is 43.8 Å². The molecule has 1 aromatic heterocycles. The molecule has 0 aliphatic carbocycles. The van der Waals surface area contributed by atoms with E-state index in [1.165, 1.54) is 16.6 Å². The van der Waals surface area contributed by atoms with E-state index >= 15 is 0 Å². The average Bonchev–Trinajstić information content (AvgIpc) is 2.71. The zero-order valence-electron chi connectivity index (χ0n) is 11.2. The Kier molecular flexibility index (Phi) is 2.75. The van der Waals surface area contributed by atoms with Crippen molar-refractivity contribution >= 4 is 16.7 Å². The lowest BCUT2D eigenvalue weighted by Crippen LogP contribution is -1.99. The zero-order valence-corrected chi connectivity index (χ0v) is 11.2. The van der Waals surface area contributed by atoms with Crippen LogP contribution in [0.1, 0.15) is 17.0 Å². The fourth-order valence-corrected chi connectivity index (χ4v) is 2.49. The summed E-state index contributed by atoms with van der Waals surface area (Å²) in [7, 11) is 2.08. The van der Waals surface area contributed by atoms with Crippen LogP contribution in [0.3, 0.4) is 0 Å². The third-order valence-electron chi connectivity index (χ3n) is 3.53. The van der Waals surface area contributed by atoms with Crippen molar-refractivity contribution < 1.29 is 0 Å². The summed E-state index contributed by atoms with van der Waals surface area (Å²) in [5.74, 6) is 1.08. The van der Waals surface area contributed by atoms with Gasteiger partial charge in [0.05, 0.1) is 11.0 Å². The summed E-state index contributed by atoms with van der Waals surface area (Å²) in [4.78, 5) is 4.72. The van der Waals surface area contributed by atoms with Gasteiger partial charge in [0.15, 0.2) is 0 Å². The Bertz CT molecular complexity index is 724. The van der Waals surface area contributed by atoms with E-state index in [2.05, 4.69) is 48.9 Å². The van der Waals surface area contributed by atoms with Gasteiger partial charge in [-0.3, -0.25) is 0 Å².